The third kappa shape index (κ3) is 3.64. The maximum Gasteiger partial charge on any atom is 0.235 e. The number of likely N-dealkylation sites (N-methyl/N-ethyl adjacent to an activating group) is 1. The largest absolute Gasteiger partial charge is 0.507 e. The highest BCUT2D eigenvalue weighted by molar-refractivity contribution is 6.32. The van der Waals surface area contributed by atoms with E-state index in [0.29, 0.717) is 12.1 Å². The first-order chi connectivity index (χ1) is 18.0. The second kappa shape index (κ2) is 9.10. The summed E-state index contributed by atoms with van der Waals surface area (Å²) in [5, 5.41) is 25.5. The minimum Gasteiger partial charge on any atom is -0.507 e. The van der Waals surface area contributed by atoms with Gasteiger partial charge in [-0.15, -0.1) is 0 Å². The summed E-state index contributed by atoms with van der Waals surface area (Å²) < 4.78 is 0. The van der Waals surface area contributed by atoms with Crippen LogP contribution in [-0.2, 0) is 32.1 Å². The van der Waals surface area contributed by atoms with Gasteiger partial charge in [-0.05, 0) is 62.2 Å². The molecule has 1 aromatic carbocycles. The van der Waals surface area contributed by atoms with E-state index in [0.717, 1.165) is 11.3 Å². The first-order valence-electron chi connectivity index (χ1n) is 12.3. The third-order valence-electron chi connectivity index (χ3n) is 8.19. The summed E-state index contributed by atoms with van der Waals surface area (Å²) in [6.45, 7) is 0.317. The molecule has 38 heavy (non-hydrogen) atoms. The number of nitrogens with zero attached hydrogens (tertiary/aromatic N) is 2. The average molecular weight is 521 g/mol. The molecule has 2 saturated carbocycles. The molecule has 5 N–H and O–H groups in total. The fraction of sp³-hybridized carbons (Fsp3) is 0.407. The zero-order chi connectivity index (χ0) is 27.5. The van der Waals surface area contributed by atoms with Crippen molar-refractivity contribution in [1.82, 2.24) is 9.88 Å². The first-order valence-corrected chi connectivity index (χ1v) is 12.3. The molecule has 0 aliphatic heterocycles. The Balaban J connectivity index is 1.56. The number of ketones is 4. The molecule has 11 heteroatoms. The van der Waals surface area contributed by atoms with Gasteiger partial charge in [-0.25, -0.2) is 0 Å². The van der Waals surface area contributed by atoms with Crippen LogP contribution in [0, 0.1) is 23.7 Å². The number of hydrogen-bond acceptors (Lipinski definition) is 10. The second-order valence-corrected chi connectivity index (χ2v) is 10.5. The van der Waals surface area contributed by atoms with Crippen LogP contribution in [0.4, 0.5) is 5.69 Å². The van der Waals surface area contributed by atoms with Crippen LogP contribution in [0.15, 0.2) is 36.7 Å². The van der Waals surface area contributed by atoms with Crippen LogP contribution in [0.3, 0.4) is 0 Å². The van der Waals surface area contributed by atoms with Gasteiger partial charge in [-0.1, -0.05) is 6.07 Å². The Bertz CT molecular complexity index is 1370. The normalized spacial score (nSPS) is 30.5. The quantitative estimate of drug-likeness (QED) is 0.388. The SMILES string of the molecule is CN(C)[C@H]1C(=O)C(C(N)=O)C(=O)[C@]2(O)C(=O)C3C(=O)c4c(O)ccc(CNc5cccnc5)c4C[C@@H]3C[C@H]12. The number of primary amides is 1. The maximum atomic E-state index is 13.8. The number of hydrogen-bond donors (Lipinski definition) is 4. The molecule has 2 unspecified atom stereocenters. The summed E-state index contributed by atoms with van der Waals surface area (Å²) in [6.07, 6.45) is 3.51. The molecule has 0 radical (unpaired) electrons. The predicted molar refractivity (Wildman–Crippen MR) is 133 cm³/mol. The fourth-order valence-electron chi connectivity index (χ4n) is 6.50. The molecule has 0 saturated heterocycles. The fourth-order valence-corrected chi connectivity index (χ4v) is 6.50. The molecular formula is C27H28N4O7. The van der Waals surface area contributed by atoms with E-state index < -0.39 is 64.4 Å². The van der Waals surface area contributed by atoms with Crippen molar-refractivity contribution in [2.75, 3.05) is 19.4 Å². The highest BCUT2D eigenvalue weighted by Gasteiger charge is 2.69. The molecule has 0 spiro atoms. The molecule has 3 aliphatic carbocycles. The van der Waals surface area contributed by atoms with Crippen molar-refractivity contribution in [3.63, 3.8) is 0 Å². The Morgan fingerprint density at radius 3 is 2.55 bits per heavy atom. The number of phenols is 1. The summed E-state index contributed by atoms with van der Waals surface area (Å²) in [5.74, 6) is -10.5. The highest BCUT2D eigenvalue weighted by atomic mass is 16.3. The van der Waals surface area contributed by atoms with E-state index in [1.807, 2.05) is 6.07 Å². The van der Waals surface area contributed by atoms with Crippen LogP contribution in [0.2, 0.25) is 0 Å². The van der Waals surface area contributed by atoms with Crippen LogP contribution in [0.1, 0.15) is 27.9 Å². The van der Waals surface area contributed by atoms with Gasteiger partial charge in [-0.2, -0.15) is 0 Å². The lowest BCUT2D eigenvalue weighted by Crippen LogP contribution is -2.74. The predicted octanol–water partition coefficient (Wildman–Crippen LogP) is -0.126. The molecule has 198 valence electrons. The highest BCUT2D eigenvalue weighted by Crippen LogP contribution is 2.51. The minimum absolute atomic E-state index is 0.00895. The molecule has 1 heterocycles. The molecule has 2 fully saturated rings. The van der Waals surface area contributed by atoms with E-state index in [9.17, 15) is 34.2 Å². The van der Waals surface area contributed by atoms with E-state index in [1.54, 1.807) is 38.6 Å². The van der Waals surface area contributed by atoms with E-state index in [-0.39, 0.29) is 24.2 Å². The molecule has 11 nitrogen and oxygen atoms in total. The zero-order valence-electron chi connectivity index (χ0n) is 20.9. The number of rotatable bonds is 5. The zero-order valence-corrected chi connectivity index (χ0v) is 20.9. The lowest BCUT2D eigenvalue weighted by atomic mass is 9.52. The summed E-state index contributed by atoms with van der Waals surface area (Å²) in [7, 11) is 3.10. The number of amides is 1. The summed E-state index contributed by atoms with van der Waals surface area (Å²) in [5.41, 5.74) is 4.63. The lowest BCUT2D eigenvalue weighted by Gasteiger charge is -2.52. The number of Topliss-reactive ketones (excluding diaryl/α,β-unsaturated/α-hetero) is 4. The van der Waals surface area contributed by atoms with Crippen molar-refractivity contribution in [3.8, 4) is 5.75 Å². The number of nitrogens with two attached hydrogens (primary N) is 1. The van der Waals surface area contributed by atoms with Crippen LogP contribution in [0.5, 0.6) is 5.75 Å². The molecular weight excluding hydrogens is 492 g/mol. The van der Waals surface area contributed by atoms with E-state index in [2.05, 4.69) is 10.3 Å². The Morgan fingerprint density at radius 1 is 1.18 bits per heavy atom. The van der Waals surface area contributed by atoms with Crippen molar-refractivity contribution in [2.45, 2.75) is 31.0 Å². The molecule has 6 atom stereocenters. The number of phenolic OH excluding ortho intramolecular Hbond substituents is 1. The van der Waals surface area contributed by atoms with Crippen LogP contribution >= 0.6 is 0 Å². The summed E-state index contributed by atoms with van der Waals surface area (Å²) >= 11 is 0. The van der Waals surface area contributed by atoms with Gasteiger partial charge in [0.05, 0.1) is 23.2 Å². The van der Waals surface area contributed by atoms with Gasteiger partial charge < -0.3 is 21.3 Å². The number of aromatic nitrogens is 1. The van der Waals surface area contributed by atoms with E-state index in [4.69, 9.17) is 5.73 Å². The number of carbonyl (C=O) groups excluding carboxylic acids is 5. The average Bonchev–Trinajstić information content (AvgIpc) is 2.86. The molecule has 1 aromatic heterocycles. The Kier molecular flexibility index (Phi) is 6.15. The number of aromatic hydroxyl groups is 1. The lowest BCUT2D eigenvalue weighted by molar-refractivity contribution is -0.181. The van der Waals surface area contributed by atoms with Crippen molar-refractivity contribution in [3.05, 3.63) is 53.3 Å². The van der Waals surface area contributed by atoms with Gasteiger partial charge >= 0.3 is 0 Å². The van der Waals surface area contributed by atoms with Crippen LogP contribution in [0.25, 0.3) is 0 Å². The number of aliphatic hydroxyl groups is 1. The third-order valence-corrected chi connectivity index (χ3v) is 8.19. The van der Waals surface area contributed by atoms with Gasteiger partial charge in [-0.3, -0.25) is 33.9 Å². The maximum absolute atomic E-state index is 13.8. The Morgan fingerprint density at radius 2 is 1.92 bits per heavy atom. The van der Waals surface area contributed by atoms with Gasteiger partial charge in [0.15, 0.2) is 34.7 Å². The standard InChI is InChI=1S/C27H28N4O7/c1-31(2)21-16-9-13-8-15-12(10-30-14-4-3-7-29-11-14)5-6-17(32)19(15)22(33)18(13)24(35)27(16,38)25(36)20(23(21)34)26(28)37/h3-7,11,13,16,18,20-21,30,32,38H,8-10H2,1-2H3,(H2,28,37)/t13-,16-,18?,20?,21-,27-/m1/s1. The van der Waals surface area contributed by atoms with Crippen molar-refractivity contribution < 1.29 is 34.2 Å². The number of nitrogens with one attached hydrogen (secondary N) is 1. The Hall–Kier alpha value is -3.96. The van der Waals surface area contributed by atoms with E-state index in [1.165, 1.54) is 11.0 Å². The second-order valence-electron chi connectivity index (χ2n) is 10.5. The van der Waals surface area contributed by atoms with Crippen molar-refractivity contribution in [1.29, 1.82) is 0 Å². The van der Waals surface area contributed by atoms with Gasteiger partial charge in [0, 0.05) is 24.9 Å². The van der Waals surface area contributed by atoms with Gasteiger partial charge in [0.1, 0.15) is 5.75 Å². The molecule has 5 rings (SSSR count). The minimum atomic E-state index is -2.73. The monoisotopic (exact) mass is 520 g/mol. The molecule has 1 amide bonds. The van der Waals surface area contributed by atoms with E-state index >= 15 is 0 Å². The number of carbonyl (C=O) groups is 5. The summed E-state index contributed by atoms with van der Waals surface area (Å²) in [6, 6.07) is 5.54. The molecule has 0 bridgehead atoms. The molecule has 3 aliphatic rings. The van der Waals surface area contributed by atoms with Gasteiger partial charge in [0.25, 0.3) is 0 Å². The first kappa shape index (κ1) is 25.7. The van der Waals surface area contributed by atoms with Crippen molar-refractivity contribution >= 4 is 34.7 Å². The van der Waals surface area contributed by atoms with Crippen molar-refractivity contribution in [2.24, 2.45) is 29.4 Å². The summed E-state index contributed by atoms with van der Waals surface area (Å²) in [4.78, 5) is 71.6. The number of benzene rings is 1. The van der Waals surface area contributed by atoms with Crippen LogP contribution < -0.4 is 11.1 Å². The molecule has 2 aromatic rings. The number of fused-ring (bicyclic) bond motifs is 3. The Labute approximate surface area is 218 Å². The smallest absolute Gasteiger partial charge is 0.235 e. The van der Waals surface area contributed by atoms with Gasteiger partial charge in [0.2, 0.25) is 5.91 Å². The topological polar surface area (TPSA) is 180 Å². The number of pyridine rings is 1. The van der Waals surface area contributed by atoms with Crippen LogP contribution in [-0.4, -0.2) is 74.9 Å². The number of anilines is 1.